The fourth-order valence-electron chi connectivity index (χ4n) is 0.361. The molecule has 1 rings (SSSR count). The zero-order valence-corrected chi connectivity index (χ0v) is 11.1. The molecule has 0 aliphatic carbocycles. The summed E-state index contributed by atoms with van der Waals surface area (Å²) in [7, 11) is 0. The molecule has 0 N–H and O–H groups in total. The van der Waals surface area contributed by atoms with Crippen LogP contribution in [0.1, 0.15) is 0 Å². The molecule has 0 nitrogen and oxygen atoms in total. The van der Waals surface area contributed by atoms with Crippen LogP contribution in [0, 0.1) is 0 Å². The maximum absolute atomic E-state index is 2.28. The van der Waals surface area contributed by atoms with E-state index in [1.54, 1.807) is 2.45 Å². The summed E-state index contributed by atoms with van der Waals surface area (Å²) in [6.07, 6.45) is 0. The van der Waals surface area contributed by atoms with Crippen LogP contribution in [0.4, 0.5) is 0 Å². The summed E-state index contributed by atoms with van der Waals surface area (Å²) < 4.78 is 1.74. The van der Waals surface area contributed by atoms with Gasteiger partial charge in [-0.25, -0.2) is 0 Å². The van der Waals surface area contributed by atoms with E-state index >= 15 is 0 Å². The van der Waals surface area contributed by atoms with E-state index in [0.717, 1.165) is 37.0 Å². The molecule has 1 heterocycles. The van der Waals surface area contributed by atoms with Crippen molar-refractivity contribution < 1.29 is 0 Å². The van der Waals surface area contributed by atoms with Gasteiger partial charge in [0.2, 0.25) is 0 Å². The van der Waals surface area contributed by atoms with E-state index in [9.17, 15) is 0 Å². The molecule has 2 heteroatoms. The molecule has 32 valence electrons. The molecule has 6 heavy (non-hydrogen) atoms. The Morgan fingerprint density at radius 1 is 1.67 bits per heavy atom. The Morgan fingerprint density at radius 2 is 2.50 bits per heavy atom. The molecule has 0 aliphatic rings. The van der Waals surface area contributed by atoms with Crippen LogP contribution in [0.25, 0.3) is 0 Å². The van der Waals surface area contributed by atoms with Crippen LogP contribution in [0.2, 0.25) is 0 Å². The Labute approximate surface area is 56.4 Å². The Kier molecular flexibility index (Phi) is 1.81. The molecule has 0 radical (unpaired) electrons. The standard InChI is InChI=1S/C4H3Se.Sn.3H/c1-2-4-5-3-1;;;;/h1-3H;;;;. The van der Waals surface area contributed by atoms with Gasteiger partial charge in [0.15, 0.2) is 0 Å². The average Bonchev–Trinajstić information content (AvgIpc) is 1.86. The van der Waals surface area contributed by atoms with Crippen molar-refractivity contribution in [3.8, 4) is 0 Å². The normalized spacial score (nSPS) is 9.33. The second-order valence-corrected chi connectivity index (χ2v) is 11.3. The molecule has 0 saturated carbocycles. The van der Waals surface area contributed by atoms with Crippen molar-refractivity contribution in [2.75, 3.05) is 0 Å². The van der Waals surface area contributed by atoms with Crippen LogP contribution >= 0.6 is 0 Å². The molecule has 0 aliphatic heterocycles. The SMILES string of the molecule is [SnH3][c]1ccc[se]1. The number of hydrogen-bond acceptors (Lipinski definition) is 0. The van der Waals surface area contributed by atoms with Gasteiger partial charge >= 0.3 is 56.6 Å². The maximum atomic E-state index is 2.28. The number of hydrogen-bond donors (Lipinski definition) is 0. The van der Waals surface area contributed by atoms with Crippen LogP contribution in [0.3, 0.4) is 0 Å². The topological polar surface area (TPSA) is 0 Å². The second kappa shape index (κ2) is 2.20. The molecular formula is C4H6SeSn. The first kappa shape index (κ1) is 4.95. The van der Waals surface area contributed by atoms with E-state index in [2.05, 4.69) is 17.1 Å². The Morgan fingerprint density at radius 3 is 2.67 bits per heavy atom. The van der Waals surface area contributed by atoms with E-state index in [1.165, 1.54) is 0 Å². The summed E-state index contributed by atoms with van der Waals surface area (Å²) in [5.74, 6) is 0. The summed E-state index contributed by atoms with van der Waals surface area (Å²) in [5, 5.41) is 0. The van der Waals surface area contributed by atoms with Gasteiger partial charge in [-0.3, -0.25) is 0 Å². The van der Waals surface area contributed by atoms with Crippen molar-refractivity contribution in [3.05, 3.63) is 17.1 Å². The second-order valence-electron chi connectivity index (χ2n) is 1.22. The Hall–Kier alpha value is 0.798. The fraction of sp³-hybridized carbons (Fsp3) is 0. The van der Waals surface area contributed by atoms with Gasteiger partial charge in [-0.05, 0) is 0 Å². The predicted molar refractivity (Wildman–Crippen MR) is 33.0 cm³/mol. The monoisotopic (exact) mass is 254 g/mol. The van der Waals surface area contributed by atoms with E-state index in [1.807, 2.05) is 0 Å². The third kappa shape index (κ3) is 1.14. The third-order valence-corrected chi connectivity index (χ3v) is 6.79. The predicted octanol–water partition coefficient (Wildman–Crippen LogP) is -1.27. The third-order valence-electron chi connectivity index (χ3n) is 0.663. The number of rotatable bonds is 0. The van der Waals surface area contributed by atoms with E-state index in [0.29, 0.717) is 0 Å². The zero-order valence-electron chi connectivity index (χ0n) is 3.64. The summed E-state index contributed by atoms with van der Waals surface area (Å²) in [6, 6.07) is 4.43. The average molecular weight is 252 g/mol. The molecule has 1 aromatic rings. The first-order valence-electron chi connectivity index (χ1n) is 1.90. The Bertz CT molecular complexity index is 111. The summed E-state index contributed by atoms with van der Waals surface area (Å²) in [6.45, 7) is 0. The summed E-state index contributed by atoms with van der Waals surface area (Å²) in [5.41, 5.74) is 0. The van der Waals surface area contributed by atoms with Crippen molar-refractivity contribution in [1.82, 2.24) is 0 Å². The van der Waals surface area contributed by atoms with Gasteiger partial charge in [0.1, 0.15) is 0 Å². The van der Waals surface area contributed by atoms with Gasteiger partial charge in [-0.2, -0.15) is 0 Å². The Balaban J connectivity index is 3.05. The van der Waals surface area contributed by atoms with Crippen LogP contribution in [-0.4, -0.2) is 37.0 Å². The zero-order chi connectivity index (χ0) is 4.41. The quantitative estimate of drug-likeness (QED) is 0.505. The molecule has 0 amide bonds. The van der Waals surface area contributed by atoms with E-state index in [4.69, 9.17) is 0 Å². The van der Waals surface area contributed by atoms with Gasteiger partial charge in [0.25, 0.3) is 0 Å². The van der Waals surface area contributed by atoms with Gasteiger partial charge in [-0.15, -0.1) is 0 Å². The molecule has 0 fully saturated rings. The van der Waals surface area contributed by atoms with Crippen LogP contribution in [-0.2, 0) is 0 Å². The van der Waals surface area contributed by atoms with Crippen molar-refractivity contribution >= 4 is 39.5 Å². The molecule has 1 aromatic heterocycles. The molecule has 0 spiro atoms. The van der Waals surface area contributed by atoms with Gasteiger partial charge in [-0.1, -0.05) is 0 Å². The van der Waals surface area contributed by atoms with Crippen LogP contribution in [0.5, 0.6) is 0 Å². The minimum atomic E-state index is 0.802. The van der Waals surface area contributed by atoms with Gasteiger partial charge < -0.3 is 0 Å². The first-order chi connectivity index (χ1) is 2.89. The van der Waals surface area contributed by atoms with Gasteiger partial charge in [0.05, 0.1) is 0 Å². The molecule has 0 saturated heterocycles. The van der Waals surface area contributed by atoms with E-state index in [-0.39, 0.29) is 0 Å². The summed E-state index contributed by atoms with van der Waals surface area (Å²) >= 11 is 1.63. The van der Waals surface area contributed by atoms with Crippen molar-refractivity contribution in [3.63, 3.8) is 0 Å². The van der Waals surface area contributed by atoms with Crippen LogP contribution < -0.4 is 2.45 Å². The fourth-order valence-corrected chi connectivity index (χ4v) is 4.04. The van der Waals surface area contributed by atoms with Gasteiger partial charge in [0, 0.05) is 0 Å². The minimum absolute atomic E-state index is 0.802. The molecule has 0 aromatic carbocycles. The molecule has 0 atom stereocenters. The van der Waals surface area contributed by atoms with Crippen molar-refractivity contribution in [1.29, 1.82) is 0 Å². The van der Waals surface area contributed by atoms with Crippen LogP contribution in [0.15, 0.2) is 17.1 Å². The van der Waals surface area contributed by atoms with Crippen molar-refractivity contribution in [2.24, 2.45) is 0 Å². The molecule has 0 bridgehead atoms. The first-order valence-corrected chi connectivity index (χ1v) is 6.59. The summed E-state index contributed by atoms with van der Waals surface area (Å²) in [4.78, 5) is 2.28. The molecular weight excluding hydrogens is 246 g/mol. The molecule has 0 unspecified atom stereocenters. The van der Waals surface area contributed by atoms with Crippen molar-refractivity contribution in [2.45, 2.75) is 0 Å². The van der Waals surface area contributed by atoms with E-state index < -0.39 is 0 Å².